The number of hydrogen-bond donors (Lipinski definition) is 0. The van der Waals surface area contributed by atoms with Crippen LogP contribution in [0, 0.1) is 6.92 Å². The molecule has 1 nitrogen and oxygen atoms in total. The number of rotatable bonds is 1. The second-order valence-corrected chi connectivity index (χ2v) is 5.67. The third-order valence-electron chi connectivity index (χ3n) is 4.30. The topological polar surface area (TPSA) is 4.93 Å². The molecule has 0 atom stereocenters. The molecule has 0 aliphatic rings. The molecule has 0 aliphatic heterocycles. The second kappa shape index (κ2) is 4.49. The van der Waals surface area contributed by atoms with Crippen molar-refractivity contribution < 1.29 is 0 Å². The van der Waals surface area contributed by atoms with Crippen LogP contribution in [-0.4, -0.2) is 4.57 Å². The van der Waals surface area contributed by atoms with Crippen LogP contribution in [0.4, 0.5) is 0 Å². The smallest absolute Gasteiger partial charge is 0.0489 e. The van der Waals surface area contributed by atoms with Crippen molar-refractivity contribution in [1.82, 2.24) is 4.57 Å². The first-order valence-corrected chi connectivity index (χ1v) is 7.28. The Bertz CT molecular complexity index is 943. The van der Waals surface area contributed by atoms with Crippen molar-refractivity contribution >= 4 is 21.8 Å². The average Bonchev–Trinajstić information content (AvgIpc) is 2.81. The molecule has 3 aromatic carbocycles. The fourth-order valence-electron chi connectivity index (χ4n) is 3.09. The van der Waals surface area contributed by atoms with Crippen LogP contribution in [0.25, 0.3) is 32.9 Å². The van der Waals surface area contributed by atoms with Crippen LogP contribution < -0.4 is 0 Å². The molecule has 1 heterocycles. The lowest BCUT2D eigenvalue weighted by Gasteiger charge is -2.04. The highest BCUT2D eigenvalue weighted by Gasteiger charge is 2.08. The first kappa shape index (κ1) is 12.2. The Morgan fingerprint density at radius 1 is 0.667 bits per heavy atom. The van der Waals surface area contributed by atoms with Crippen molar-refractivity contribution in [1.29, 1.82) is 0 Å². The summed E-state index contributed by atoms with van der Waals surface area (Å²) in [5, 5.41) is 2.65. The molecule has 4 aromatic rings. The van der Waals surface area contributed by atoms with Crippen LogP contribution >= 0.6 is 0 Å². The molecule has 4 rings (SSSR count). The molecule has 1 aromatic heterocycles. The van der Waals surface area contributed by atoms with Crippen molar-refractivity contribution in [3.05, 3.63) is 72.3 Å². The van der Waals surface area contributed by atoms with Gasteiger partial charge in [0.15, 0.2) is 0 Å². The van der Waals surface area contributed by atoms with Gasteiger partial charge in [-0.15, -0.1) is 0 Å². The summed E-state index contributed by atoms with van der Waals surface area (Å²) in [5.74, 6) is 0. The Morgan fingerprint density at radius 3 is 2.14 bits per heavy atom. The van der Waals surface area contributed by atoms with Gasteiger partial charge in [0, 0.05) is 28.9 Å². The van der Waals surface area contributed by atoms with Crippen molar-refractivity contribution in [3.8, 4) is 11.1 Å². The molecule has 0 bridgehead atoms. The van der Waals surface area contributed by atoms with E-state index in [1.54, 1.807) is 0 Å². The molecule has 0 radical (unpaired) electrons. The Labute approximate surface area is 124 Å². The molecule has 102 valence electrons. The van der Waals surface area contributed by atoms with E-state index in [9.17, 15) is 0 Å². The van der Waals surface area contributed by atoms with Gasteiger partial charge in [-0.05, 0) is 36.2 Å². The standard InChI is InChI=1S/C20H17N/c1-14-7-9-15(10-8-14)16-11-12-20-18(13-16)17-5-3-4-6-19(17)21(20)2/h3-13H,1-2H3. The second-order valence-electron chi connectivity index (χ2n) is 5.67. The molecular formula is C20H17N. The molecular weight excluding hydrogens is 254 g/mol. The Kier molecular flexibility index (Phi) is 2.61. The lowest BCUT2D eigenvalue weighted by molar-refractivity contribution is 1.01. The minimum atomic E-state index is 1.27. The summed E-state index contributed by atoms with van der Waals surface area (Å²) in [6.07, 6.45) is 0. The van der Waals surface area contributed by atoms with Gasteiger partial charge in [0.2, 0.25) is 0 Å². The summed E-state index contributed by atoms with van der Waals surface area (Å²) in [5.41, 5.74) is 6.42. The minimum Gasteiger partial charge on any atom is -0.344 e. The zero-order valence-corrected chi connectivity index (χ0v) is 12.3. The minimum absolute atomic E-state index is 1.27. The zero-order chi connectivity index (χ0) is 14.4. The van der Waals surface area contributed by atoms with Gasteiger partial charge in [-0.3, -0.25) is 0 Å². The molecule has 0 spiro atoms. The summed E-state index contributed by atoms with van der Waals surface area (Å²) in [7, 11) is 2.14. The van der Waals surface area contributed by atoms with E-state index in [2.05, 4.69) is 85.3 Å². The average molecular weight is 271 g/mol. The van der Waals surface area contributed by atoms with Crippen LogP contribution in [-0.2, 0) is 7.05 Å². The molecule has 0 aliphatic carbocycles. The Morgan fingerprint density at radius 2 is 1.33 bits per heavy atom. The van der Waals surface area contributed by atoms with E-state index in [1.807, 2.05) is 0 Å². The number of nitrogens with zero attached hydrogens (tertiary/aromatic N) is 1. The van der Waals surface area contributed by atoms with Gasteiger partial charge >= 0.3 is 0 Å². The van der Waals surface area contributed by atoms with Crippen LogP contribution in [0.15, 0.2) is 66.7 Å². The van der Waals surface area contributed by atoms with Crippen molar-refractivity contribution in [2.75, 3.05) is 0 Å². The third kappa shape index (κ3) is 1.85. The maximum Gasteiger partial charge on any atom is 0.0489 e. The number of para-hydroxylation sites is 1. The predicted molar refractivity (Wildman–Crippen MR) is 90.6 cm³/mol. The van der Waals surface area contributed by atoms with E-state index in [4.69, 9.17) is 0 Å². The Hall–Kier alpha value is -2.54. The molecule has 21 heavy (non-hydrogen) atoms. The summed E-state index contributed by atoms with van der Waals surface area (Å²) in [6, 6.07) is 24.1. The lowest BCUT2D eigenvalue weighted by Crippen LogP contribution is -1.86. The first-order valence-electron chi connectivity index (χ1n) is 7.28. The highest BCUT2D eigenvalue weighted by Crippen LogP contribution is 2.31. The fraction of sp³-hybridized carbons (Fsp3) is 0.100. The van der Waals surface area contributed by atoms with Gasteiger partial charge in [0.05, 0.1) is 0 Å². The van der Waals surface area contributed by atoms with Crippen molar-refractivity contribution in [2.24, 2.45) is 7.05 Å². The molecule has 1 heteroatoms. The van der Waals surface area contributed by atoms with Crippen LogP contribution in [0.1, 0.15) is 5.56 Å². The summed E-state index contributed by atoms with van der Waals surface area (Å²) >= 11 is 0. The van der Waals surface area contributed by atoms with E-state index in [0.29, 0.717) is 0 Å². The van der Waals surface area contributed by atoms with E-state index >= 15 is 0 Å². The monoisotopic (exact) mass is 271 g/mol. The van der Waals surface area contributed by atoms with E-state index < -0.39 is 0 Å². The number of fused-ring (bicyclic) bond motifs is 3. The molecule has 0 unspecified atom stereocenters. The fourth-order valence-corrected chi connectivity index (χ4v) is 3.09. The van der Waals surface area contributed by atoms with Crippen molar-refractivity contribution in [2.45, 2.75) is 6.92 Å². The summed E-state index contributed by atoms with van der Waals surface area (Å²) in [4.78, 5) is 0. The maximum atomic E-state index is 2.31. The lowest BCUT2D eigenvalue weighted by atomic mass is 10.0. The quantitative estimate of drug-likeness (QED) is 0.442. The zero-order valence-electron chi connectivity index (χ0n) is 12.3. The molecule has 0 saturated carbocycles. The maximum absolute atomic E-state index is 2.31. The first-order chi connectivity index (χ1) is 10.2. The van der Waals surface area contributed by atoms with Crippen molar-refractivity contribution in [3.63, 3.8) is 0 Å². The summed E-state index contributed by atoms with van der Waals surface area (Å²) < 4.78 is 2.27. The van der Waals surface area contributed by atoms with Gasteiger partial charge < -0.3 is 4.57 Å². The molecule has 0 N–H and O–H groups in total. The van der Waals surface area contributed by atoms with Gasteiger partial charge in [-0.25, -0.2) is 0 Å². The summed E-state index contributed by atoms with van der Waals surface area (Å²) in [6.45, 7) is 2.12. The van der Waals surface area contributed by atoms with Gasteiger partial charge in [0.1, 0.15) is 0 Å². The van der Waals surface area contributed by atoms with Gasteiger partial charge in [-0.2, -0.15) is 0 Å². The molecule has 0 fully saturated rings. The molecule has 0 saturated heterocycles. The normalized spacial score (nSPS) is 11.3. The molecule has 0 amide bonds. The Balaban J connectivity index is 2.01. The number of aromatic nitrogens is 1. The number of aryl methyl sites for hydroxylation is 2. The number of benzene rings is 3. The number of hydrogen-bond acceptors (Lipinski definition) is 0. The van der Waals surface area contributed by atoms with E-state index in [1.165, 1.54) is 38.5 Å². The predicted octanol–water partition coefficient (Wildman–Crippen LogP) is 5.31. The van der Waals surface area contributed by atoms with Gasteiger partial charge in [0.25, 0.3) is 0 Å². The SMILES string of the molecule is Cc1ccc(-c2ccc3c(c2)c2ccccc2n3C)cc1. The van der Waals surface area contributed by atoms with Crippen LogP contribution in [0.2, 0.25) is 0 Å². The van der Waals surface area contributed by atoms with E-state index in [0.717, 1.165) is 0 Å². The van der Waals surface area contributed by atoms with Crippen LogP contribution in [0.3, 0.4) is 0 Å². The van der Waals surface area contributed by atoms with E-state index in [-0.39, 0.29) is 0 Å². The highest BCUT2D eigenvalue weighted by atomic mass is 14.9. The van der Waals surface area contributed by atoms with Gasteiger partial charge in [-0.1, -0.05) is 54.1 Å². The largest absolute Gasteiger partial charge is 0.344 e. The highest BCUT2D eigenvalue weighted by molar-refractivity contribution is 6.09. The van der Waals surface area contributed by atoms with Crippen LogP contribution in [0.5, 0.6) is 0 Å². The third-order valence-corrected chi connectivity index (χ3v) is 4.30.